The molecule has 0 bridgehead atoms. The number of aromatic nitrogens is 2. The molecule has 6 nitrogen and oxygen atoms in total. The number of hydrogen-bond acceptors (Lipinski definition) is 4. The zero-order chi connectivity index (χ0) is 19.3. The van der Waals surface area contributed by atoms with Gasteiger partial charge in [0, 0.05) is 17.7 Å². The fourth-order valence-electron chi connectivity index (χ4n) is 2.29. The second-order valence-electron chi connectivity index (χ2n) is 5.70. The normalized spacial score (nSPS) is 12.2. The summed E-state index contributed by atoms with van der Waals surface area (Å²) < 4.78 is 19.1. The van der Waals surface area contributed by atoms with E-state index < -0.39 is 5.97 Å². The van der Waals surface area contributed by atoms with Crippen LogP contribution in [0.3, 0.4) is 0 Å². The van der Waals surface area contributed by atoms with E-state index in [-0.39, 0.29) is 24.2 Å². The molecule has 8 heteroatoms. The molecule has 1 atom stereocenters. The summed E-state index contributed by atoms with van der Waals surface area (Å²) in [6.07, 6.45) is 2.95. The smallest absolute Gasteiger partial charge is 0.307 e. The van der Waals surface area contributed by atoms with Crippen molar-refractivity contribution in [1.29, 1.82) is 0 Å². The summed E-state index contributed by atoms with van der Waals surface area (Å²) in [6, 6.07) is 5.38. The third kappa shape index (κ3) is 4.92. The van der Waals surface area contributed by atoms with Gasteiger partial charge >= 0.3 is 5.97 Å². The highest BCUT2D eigenvalue weighted by Crippen LogP contribution is 2.24. The Kier molecular flexibility index (Phi) is 6.52. The van der Waals surface area contributed by atoms with Gasteiger partial charge in [0.25, 0.3) is 0 Å². The van der Waals surface area contributed by atoms with Gasteiger partial charge < -0.3 is 10.1 Å². The maximum absolute atomic E-state index is 13.1. The van der Waals surface area contributed by atoms with E-state index >= 15 is 0 Å². The first-order valence-corrected chi connectivity index (χ1v) is 8.26. The van der Waals surface area contributed by atoms with Gasteiger partial charge in [-0.15, -0.1) is 0 Å². The molecule has 26 heavy (non-hydrogen) atoms. The third-order valence-corrected chi connectivity index (χ3v) is 3.97. The van der Waals surface area contributed by atoms with E-state index in [0.29, 0.717) is 22.1 Å². The molecular formula is C18H19ClFN3O3. The number of rotatable bonds is 6. The predicted molar refractivity (Wildman–Crippen MR) is 96.5 cm³/mol. The Balaban J connectivity index is 2.12. The summed E-state index contributed by atoms with van der Waals surface area (Å²) in [5.41, 5.74) is 1.80. The van der Waals surface area contributed by atoms with Crippen LogP contribution in [-0.4, -0.2) is 34.8 Å². The van der Waals surface area contributed by atoms with Crippen LogP contribution in [0.15, 0.2) is 30.3 Å². The van der Waals surface area contributed by atoms with Gasteiger partial charge in [-0.1, -0.05) is 11.6 Å². The molecular weight excluding hydrogens is 361 g/mol. The molecule has 2 rings (SSSR count). The molecule has 1 unspecified atom stereocenters. The van der Waals surface area contributed by atoms with Gasteiger partial charge in [-0.2, -0.15) is 5.10 Å². The molecule has 0 saturated heterocycles. The Morgan fingerprint density at radius 1 is 1.38 bits per heavy atom. The topological polar surface area (TPSA) is 73.2 Å². The number of carbonyl (C=O) groups is 2. The van der Waals surface area contributed by atoms with Gasteiger partial charge in [-0.05, 0) is 44.2 Å². The molecule has 0 aliphatic carbocycles. The van der Waals surface area contributed by atoms with Crippen LogP contribution in [-0.2, 0) is 14.3 Å². The van der Waals surface area contributed by atoms with Crippen LogP contribution in [0.2, 0.25) is 5.15 Å². The molecule has 138 valence electrons. The molecule has 0 aliphatic heterocycles. The van der Waals surface area contributed by atoms with Crippen molar-refractivity contribution in [3.63, 3.8) is 0 Å². The number of methoxy groups -OCH3 is 1. The predicted octanol–water partition coefficient (Wildman–Crippen LogP) is 3.05. The van der Waals surface area contributed by atoms with Crippen LogP contribution in [0.1, 0.15) is 24.6 Å². The highest BCUT2D eigenvalue weighted by atomic mass is 35.5. The second kappa shape index (κ2) is 8.62. The molecule has 0 fully saturated rings. The molecule has 2 aromatic rings. The lowest BCUT2D eigenvalue weighted by atomic mass is 10.2. The Labute approximate surface area is 155 Å². The molecule has 1 heterocycles. The van der Waals surface area contributed by atoms with Crippen molar-refractivity contribution < 1.29 is 18.7 Å². The number of nitrogens with one attached hydrogen (secondary N) is 1. The van der Waals surface area contributed by atoms with Crippen LogP contribution >= 0.6 is 11.6 Å². The molecule has 1 aromatic heterocycles. The van der Waals surface area contributed by atoms with Crippen LogP contribution in [0, 0.1) is 12.7 Å². The standard InChI is InChI=1S/C18H19ClFN3O3/c1-11(10-17(25)26-3)21-16(24)9-8-15-12(2)22-23(18(15)19)14-6-4-13(20)5-7-14/h4-9,11H,10H2,1-3H3,(H,21,24)/b9-8+. The highest BCUT2D eigenvalue weighted by Gasteiger charge is 2.14. The quantitative estimate of drug-likeness (QED) is 0.618. The number of hydrogen-bond donors (Lipinski definition) is 1. The highest BCUT2D eigenvalue weighted by molar-refractivity contribution is 6.31. The average molecular weight is 380 g/mol. The molecule has 0 aliphatic rings. The van der Waals surface area contributed by atoms with Crippen LogP contribution in [0.4, 0.5) is 4.39 Å². The number of esters is 1. The van der Waals surface area contributed by atoms with Gasteiger partial charge in [-0.25, -0.2) is 9.07 Å². The first kappa shape index (κ1) is 19.7. The summed E-state index contributed by atoms with van der Waals surface area (Å²) in [5, 5.41) is 7.28. The SMILES string of the molecule is COC(=O)CC(C)NC(=O)/C=C/c1c(C)nn(-c2ccc(F)cc2)c1Cl. The summed E-state index contributed by atoms with van der Waals surface area (Å²) >= 11 is 6.34. The van der Waals surface area contributed by atoms with Crippen molar-refractivity contribution in [1.82, 2.24) is 15.1 Å². The number of amides is 1. The Bertz CT molecular complexity index is 831. The first-order valence-electron chi connectivity index (χ1n) is 7.88. The Morgan fingerprint density at radius 3 is 2.65 bits per heavy atom. The number of nitrogens with zero attached hydrogens (tertiary/aromatic N) is 2. The molecule has 0 saturated carbocycles. The number of ether oxygens (including phenoxy) is 1. The molecule has 0 spiro atoms. The minimum Gasteiger partial charge on any atom is -0.469 e. The van der Waals surface area contributed by atoms with E-state index in [2.05, 4.69) is 15.2 Å². The zero-order valence-corrected chi connectivity index (χ0v) is 15.4. The number of halogens is 2. The largest absolute Gasteiger partial charge is 0.469 e. The second-order valence-corrected chi connectivity index (χ2v) is 6.06. The number of carbonyl (C=O) groups excluding carboxylic acids is 2. The fourth-order valence-corrected chi connectivity index (χ4v) is 2.62. The van der Waals surface area contributed by atoms with E-state index in [1.165, 1.54) is 30.0 Å². The van der Waals surface area contributed by atoms with Crippen molar-refractivity contribution >= 4 is 29.6 Å². The summed E-state index contributed by atoms with van der Waals surface area (Å²) in [4.78, 5) is 23.2. The van der Waals surface area contributed by atoms with Gasteiger partial charge in [0.05, 0.1) is 24.9 Å². The van der Waals surface area contributed by atoms with Crippen molar-refractivity contribution in [2.24, 2.45) is 0 Å². The average Bonchev–Trinajstić information content (AvgIpc) is 2.87. The van der Waals surface area contributed by atoms with E-state index in [9.17, 15) is 14.0 Å². The van der Waals surface area contributed by atoms with Gasteiger partial charge in [0.15, 0.2) is 0 Å². The van der Waals surface area contributed by atoms with Crippen LogP contribution in [0.25, 0.3) is 11.8 Å². The van der Waals surface area contributed by atoms with Crippen LogP contribution in [0.5, 0.6) is 0 Å². The van der Waals surface area contributed by atoms with E-state index in [4.69, 9.17) is 11.6 Å². The summed E-state index contributed by atoms with van der Waals surface area (Å²) in [6.45, 7) is 3.46. The Hall–Kier alpha value is -2.67. The maximum atomic E-state index is 13.1. The lowest BCUT2D eigenvalue weighted by Gasteiger charge is -2.10. The van der Waals surface area contributed by atoms with Crippen molar-refractivity contribution in [2.75, 3.05) is 7.11 Å². The van der Waals surface area contributed by atoms with E-state index in [1.807, 2.05) is 0 Å². The number of aryl methyl sites for hydroxylation is 1. The first-order chi connectivity index (χ1) is 12.3. The van der Waals surface area contributed by atoms with E-state index in [1.54, 1.807) is 32.1 Å². The van der Waals surface area contributed by atoms with Crippen LogP contribution < -0.4 is 5.32 Å². The molecule has 1 aromatic carbocycles. The van der Waals surface area contributed by atoms with Crippen molar-refractivity contribution in [3.05, 3.63) is 52.6 Å². The monoisotopic (exact) mass is 379 g/mol. The number of benzene rings is 1. The lowest BCUT2D eigenvalue weighted by molar-refractivity contribution is -0.141. The zero-order valence-electron chi connectivity index (χ0n) is 14.6. The summed E-state index contributed by atoms with van der Waals surface area (Å²) in [5.74, 6) is -1.13. The molecule has 1 amide bonds. The summed E-state index contributed by atoms with van der Waals surface area (Å²) in [7, 11) is 1.29. The van der Waals surface area contributed by atoms with Gasteiger partial charge in [0.2, 0.25) is 5.91 Å². The van der Waals surface area contributed by atoms with Gasteiger partial charge in [0.1, 0.15) is 11.0 Å². The van der Waals surface area contributed by atoms with Crippen molar-refractivity contribution in [3.8, 4) is 5.69 Å². The van der Waals surface area contributed by atoms with Gasteiger partial charge in [-0.3, -0.25) is 9.59 Å². The minimum atomic E-state index is -0.402. The third-order valence-electron chi connectivity index (χ3n) is 3.61. The molecule has 1 N–H and O–H groups in total. The minimum absolute atomic E-state index is 0.0817. The Morgan fingerprint density at radius 2 is 2.04 bits per heavy atom. The lowest BCUT2D eigenvalue weighted by Crippen LogP contribution is -2.33. The van der Waals surface area contributed by atoms with E-state index in [0.717, 1.165) is 0 Å². The fraction of sp³-hybridized carbons (Fsp3) is 0.278. The van der Waals surface area contributed by atoms with Crippen molar-refractivity contribution in [2.45, 2.75) is 26.3 Å². The maximum Gasteiger partial charge on any atom is 0.307 e. The molecule has 0 radical (unpaired) electrons.